The van der Waals surface area contributed by atoms with E-state index in [1.54, 1.807) is 36.4 Å². The van der Waals surface area contributed by atoms with Crippen LogP contribution in [-0.2, 0) is 0 Å². The van der Waals surface area contributed by atoms with Crippen LogP contribution in [0, 0.1) is 0 Å². The second kappa shape index (κ2) is 7.71. The predicted molar refractivity (Wildman–Crippen MR) is 90.7 cm³/mol. The largest absolute Gasteiger partial charge is 0.493 e. The number of anilines is 2. The molecule has 0 fully saturated rings. The van der Waals surface area contributed by atoms with Crippen molar-refractivity contribution in [3.8, 4) is 5.75 Å². The number of para-hydroxylation sites is 1. The third kappa shape index (κ3) is 4.15. The molecule has 2 rings (SSSR count). The molecule has 0 aliphatic heterocycles. The molecule has 4 nitrogen and oxygen atoms in total. The first-order chi connectivity index (χ1) is 10.6. The van der Waals surface area contributed by atoms with Gasteiger partial charge in [0.2, 0.25) is 0 Å². The van der Waals surface area contributed by atoms with Crippen molar-refractivity contribution in [1.82, 2.24) is 0 Å². The first-order valence-corrected chi connectivity index (χ1v) is 7.58. The molecule has 0 unspecified atom stereocenters. The molecule has 0 radical (unpaired) electrons. The highest BCUT2D eigenvalue weighted by molar-refractivity contribution is 6.33. The summed E-state index contributed by atoms with van der Waals surface area (Å²) in [5.41, 5.74) is 7.25. The quantitative estimate of drug-likeness (QED) is 0.614. The van der Waals surface area contributed by atoms with E-state index in [1.807, 2.05) is 6.07 Å². The molecule has 0 aromatic heterocycles. The number of nitrogens with one attached hydrogen (secondary N) is 1. The Morgan fingerprint density at radius 3 is 2.77 bits per heavy atom. The third-order valence-electron chi connectivity index (χ3n) is 3.14. The van der Waals surface area contributed by atoms with Crippen LogP contribution in [0.5, 0.6) is 5.75 Å². The highest BCUT2D eigenvalue weighted by atomic mass is 35.5. The fourth-order valence-electron chi connectivity index (χ4n) is 1.93. The monoisotopic (exact) mass is 318 g/mol. The first-order valence-electron chi connectivity index (χ1n) is 7.20. The van der Waals surface area contributed by atoms with E-state index in [4.69, 9.17) is 22.1 Å². The van der Waals surface area contributed by atoms with E-state index in [2.05, 4.69) is 12.2 Å². The summed E-state index contributed by atoms with van der Waals surface area (Å²) in [6, 6.07) is 12.2. The summed E-state index contributed by atoms with van der Waals surface area (Å²) < 4.78 is 5.67. The Bertz CT molecular complexity index is 659. The number of carbonyl (C=O) groups is 1. The summed E-state index contributed by atoms with van der Waals surface area (Å²) in [5.74, 6) is 0.337. The van der Waals surface area contributed by atoms with Crippen molar-refractivity contribution in [3.05, 3.63) is 53.1 Å². The van der Waals surface area contributed by atoms with E-state index >= 15 is 0 Å². The Morgan fingerprint density at radius 1 is 1.27 bits per heavy atom. The van der Waals surface area contributed by atoms with E-state index in [-0.39, 0.29) is 5.91 Å². The number of unbranched alkanes of at least 4 members (excludes halogenated alkanes) is 1. The van der Waals surface area contributed by atoms with Gasteiger partial charge in [-0.3, -0.25) is 4.79 Å². The number of rotatable bonds is 6. The van der Waals surface area contributed by atoms with Gasteiger partial charge in [0.05, 0.1) is 22.9 Å². The van der Waals surface area contributed by atoms with Crippen LogP contribution in [0.15, 0.2) is 42.5 Å². The minimum atomic E-state index is -0.242. The molecular weight excluding hydrogens is 300 g/mol. The molecule has 0 saturated carbocycles. The molecule has 0 aliphatic carbocycles. The molecule has 22 heavy (non-hydrogen) atoms. The van der Waals surface area contributed by atoms with E-state index in [0.29, 0.717) is 34.3 Å². The number of amides is 1. The SMILES string of the molecule is CCCCOc1ccccc1C(=O)Nc1ccc(Cl)c(N)c1. The molecule has 0 saturated heterocycles. The number of carbonyl (C=O) groups excluding carboxylic acids is 1. The lowest BCUT2D eigenvalue weighted by molar-refractivity contribution is 0.102. The van der Waals surface area contributed by atoms with Gasteiger partial charge in [0.25, 0.3) is 5.91 Å². The smallest absolute Gasteiger partial charge is 0.259 e. The molecular formula is C17H19ClN2O2. The van der Waals surface area contributed by atoms with Crippen molar-refractivity contribution >= 4 is 28.9 Å². The van der Waals surface area contributed by atoms with Gasteiger partial charge in [-0.15, -0.1) is 0 Å². The average molecular weight is 319 g/mol. The van der Waals surface area contributed by atoms with Gasteiger partial charge in [0, 0.05) is 5.69 Å². The number of benzene rings is 2. The highest BCUT2D eigenvalue weighted by Gasteiger charge is 2.12. The number of nitrogen functional groups attached to an aromatic ring is 1. The number of hydrogen-bond donors (Lipinski definition) is 2. The van der Waals surface area contributed by atoms with Crippen LogP contribution in [0.2, 0.25) is 5.02 Å². The maximum atomic E-state index is 12.4. The van der Waals surface area contributed by atoms with Gasteiger partial charge in [0.15, 0.2) is 0 Å². The predicted octanol–water partition coefficient (Wildman–Crippen LogP) is 4.35. The molecule has 0 aliphatic rings. The minimum Gasteiger partial charge on any atom is -0.493 e. The Balaban J connectivity index is 2.13. The maximum absolute atomic E-state index is 12.4. The molecule has 2 aromatic carbocycles. The van der Waals surface area contributed by atoms with Crippen molar-refractivity contribution < 1.29 is 9.53 Å². The molecule has 5 heteroatoms. The van der Waals surface area contributed by atoms with Gasteiger partial charge in [0.1, 0.15) is 5.75 Å². The van der Waals surface area contributed by atoms with E-state index in [9.17, 15) is 4.79 Å². The van der Waals surface area contributed by atoms with Gasteiger partial charge in [-0.05, 0) is 36.8 Å². The van der Waals surface area contributed by atoms with Gasteiger partial charge in [-0.2, -0.15) is 0 Å². The van der Waals surface area contributed by atoms with Gasteiger partial charge < -0.3 is 15.8 Å². The number of hydrogen-bond acceptors (Lipinski definition) is 3. The minimum absolute atomic E-state index is 0.242. The van der Waals surface area contributed by atoms with Crippen molar-refractivity contribution in [2.24, 2.45) is 0 Å². The van der Waals surface area contributed by atoms with Crippen LogP contribution >= 0.6 is 11.6 Å². The van der Waals surface area contributed by atoms with Crippen LogP contribution < -0.4 is 15.8 Å². The Morgan fingerprint density at radius 2 is 2.05 bits per heavy atom. The Hall–Kier alpha value is -2.20. The molecule has 116 valence electrons. The van der Waals surface area contributed by atoms with E-state index < -0.39 is 0 Å². The Kier molecular flexibility index (Phi) is 5.67. The molecule has 2 aromatic rings. The van der Waals surface area contributed by atoms with Crippen LogP contribution in [-0.4, -0.2) is 12.5 Å². The first kappa shape index (κ1) is 16.2. The second-order valence-electron chi connectivity index (χ2n) is 4.89. The number of nitrogens with two attached hydrogens (primary N) is 1. The molecule has 0 atom stereocenters. The summed E-state index contributed by atoms with van der Waals surface area (Å²) >= 11 is 5.87. The second-order valence-corrected chi connectivity index (χ2v) is 5.30. The van der Waals surface area contributed by atoms with Crippen LogP contribution in [0.25, 0.3) is 0 Å². The van der Waals surface area contributed by atoms with Crippen molar-refractivity contribution in [2.75, 3.05) is 17.7 Å². The summed E-state index contributed by atoms with van der Waals surface area (Å²) in [6.45, 7) is 2.68. The highest BCUT2D eigenvalue weighted by Crippen LogP contribution is 2.24. The standard InChI is InChI=1S/C17H19ClN2O2/c1-2-3-10-22-16-7-5-4-6-13(16)17(21)20-12-8-9-14(18)15(19)11-12/h4-9,11H,2-3,10,19H2,1H3,(H,20,21). The average Bonchev–Trinajstić information content (AvgIpc) is 2.51. The summed E-state index contributed by atoms with van der Waals surface area (Å²) in [7, 11) is 0. The van der Waals surface area contributed by atoms with Crippen LogP contribution in [0.3, 0.4) is 0 Å². The number of ether oxygens (including phenoxy) is 1. The number of halogens is 1. The molecule has 3 N–H and O–H groups in total. The zero-order valence-corrected chi connectivity index (χ0v) is 13.2. The molecule has 0 spiro atoms. The summed E-state index contributed by atoms with van der Waals surface area (Å²) in [6.07, 6.45) is 1.99. The lowest BCUT2D eigenvalue weighted by atomic mass is 10.1. The van der Waals surface area contributed by atoms with Gasteiger partial charge in [-0.1, -0.05) is 37.1 Å². The normalized spacial score (nSPS) is 10.3. The Labute approximate surface area is 135 Å². The van der Waals surface area contributed by atoms with Gasteiger partial charge >= 0.3 is 0 Å². The third-order valence-corrected chi connectivity index (χ3v) is 3.49. The van der Waals surface area contributed by atoms with Crippen molar-refractivity contribution in [2.45, 2.75) is 19.8 Å². The lowest BCUT2D eigenvalue weighted by Crippen LogP contribution is -2.14. The van der Waals surface area contributed by atoms with Gasteiger partial charge in [-0.25, -0.2) is 0 Å². The topological polar surface area (TPSA) is 64.3 Å². The fraction of sp³-hybridized carbons (Fsp3) is 0.235. The lowest BCUT2D eigenvalue weighted by Gasteiger charge is -2.12. The fourth-order valence-corrected chi connectivity index (χ4v) is 2.04. The summed E-state index contributed by atoms with van der Waals surface area (Å²) in [4.78, 5) is 12.4. The zero-order valence-electron chi connectivity index (χ0n) is 12.4. The summed E-state index contributed by atoms with van der Waals surface area (Å²) in [5, 5.41) is 3.26. The molecule has 1 amide bonds. The van der Waals surface area contributed by atoms with Crippen molar-refractivity contribution in [3.63, 3.8) is 0 Å². The van der Waals surface area contributed by atoms with E-state index in [0.717, 1.165) is 12.8 Å². The molecule has 0 bridgehead atoms. The van der Waals surface area contributed by atoms with Crippen LogP contribution in [0.1, 0.15) is 30.1 Å². The maximum Gasteiger partial charge on any atom is 0.259 e. The van der Waals surface area contributed by atoms with E-state index in [1.165, 1.54) is 0 Å². The zero-order chi connectivity index (χ0) is 15.9. The van der Waals surface area contributed by atoms with Crippen LogP contribution in [0.4, 0.5) is 11.4 Å². The van der Waals surface area contributed by atoms with Crippen molar-refractivity contribution in [1.29, 1.82) is 0 Å². The molecule has 0 heterocycles.